The molecule has 0 radical (unpaired) electrons. The van der Waals surface area contributed by atoms with Crippen molar-refractivity contribution in [1.82, 2.24) is 10.3 Å². The van der Waals surface area contributed by atoms with E-state index in [0.717, 1.165) is 5.01 Å². The van der Waals surface area contributed by atoms with E-state index < -0.39 is 5.41 Å². The molecule has 0 bridgehead atoms. The van der Waals surface area contributed by atoms with Gasteiger partial charge in [-0.1, -0.05) is 0 Å². The summed E-state index contributed by atoms with van der Waals surface area (Å²) in [6.45, 7) is 3.12. The Morgan fingerprint density at radius 2 is 2.69 bits per heavy atom. The predicted octanol–water partition coefficient (Wildman–Crippen LogP) is 0.123. The average Bonchev–Trinajstić information content (AvgIpc) is 2.87. The molecule has 2 rings (SSSR count). The van der Waals surface area contributed by atoms with Crippen LogP contribution in [0.25, 0.3) is 0 Å². The lowest BCUT2D eigenvalue weighted by Crippen LogP contribution is -2.49. The third-order valence-corrected chi connectivity index (χ3v) is 3.70. The molecule has 2 unspecified atom stereocenters. The van der Waals surface area contributed by atoms with Crippen molar-refractivity contribution in [2.75, 3.05) is 13.2 Å². The fourth-order valence-corrected chi connectivity index (χ4v) is 2.18. The van der Waals surface area contributed by atoms with E-state index in [9.17, 15) is 4.79 Å². The number of hydrogen-bond donors (Lipinski definition) is 2. The Labute approximate surface area is 98.0 Å². The molecule has 16 heavy (non-hydrogen) atoms. The summed E-state index contributed by atoms with van der Waals surface area (Å²) in [6.07, 6.45) is 1.72. The topological polar surface area (TPSA) is 77.2 Å². The molecule has 1 saturated heterocycles. The zero-order valence-corrected chi connectivity index (χ0v) is 9.92. The second kappa shape index (κ2) is 4.48. The van der Waals surface area contributed by atoms with Crippen molar-refractivity contribution in [2.45, 2.75) is 19.5 Å². The van der Waals surface area contributed by atoms with Gasteiger partial charge in [-0.05, 0) is 6.92 Å². The summed E-state index contributed by atoms with van der Waals surface area (Å²) in [5.41, 5.74) is 5.25. The summed E-state index contributed by atoms with van der Waals surface area (Å²) in [7, 11) is 0. The number of nitrogens with zero attached hydrogens (tertiary/aromatic N) is 1. The standard InChI is InChI=1S/C10H15N3O2S/c1-10(6-15-5-7(10)11)9(14)13-4-8-12-2-3-16-8/h2-3,7H,4-6,11H2,1H3,(H,13,14). The molecule has 0 aliphatic carbocycles. The van der Waals surface area contributed by atoms with Crippen molar-refractivity contribution in [3.8, 4) is 0 Å². The summed E-state index contributed by atoms with van der Waals surface area (Å²) < 4.78 is 5.23. The van der Waals surface area contributed by atoms with Crippen molar-refractivity contribution in [1.29, 1.82) is 0 Å². The highest BCUT2D eigenvalue weighted by atomic mass is 32.1. The van der Waals surface area contributed by atoms with Gasteiger partial charge in [-0.3, -0.25) is 4.79 Å². The highest BCUT2D eigenvalue weighted by molar-refractivity contribution is 7.09. The lowest BCUT2D eigenvalue weighted by molar-refractivity contribution is -0.130. The number of ether oxygens (including phenoxy) is 1. The molecule has 88 valence electrons. The molecule has 0 saturated carbocycles. The Balaban J connectivity index is 1.93. The molecule has 2 heterocycles. The number of amides is 1. The molecule has 1 aromatic heterocycles. The van der Waals surface area contributed by atoms with Gasteiger partial charge < -0.3 is 15.8 Å². The molecular formula is C10H15N3O2S. The van der Waals surface area contributed by atoms with Crippen molar-refractivity contribution in [3.05, 3.63) is 16.6 Å². The molecule has 5 nitrogen and oxygen atoms in total. The highest BCUT2D eigenvalue weighted by Gasteiger charge is 2.44. The maximum absolute atomic E-state index is 12.0. The molecule has 6 heteroatoms. The molecule has 1 amide bonds. The van der Waals surface area contributed by atoms with Crippen molar-refractivity contribution in [2.24, 2.45) is 11.1 Å². The number of hydrogen-bond acceptors (Lipinski definition) is 5. The van der Waals surface area contributed by atoms with E-state index in [1.807, 2.05) is 12.3 Å². The lowest BCUT2D eigenvalue weighted by Gasteiger charge is -2.25. The molecule has 1 aliphatic rings. The monoisotopic (exact) mass is 241 g/mol. The largest absolute Gasteiger partial charge is 0.379 e. The normalized spacial score (nSPS) is 29.2. The zero-order chi connectivity index (χ0) is 11.6. The van der Waals surface area contributed by atoms with Crippen LogP contribution in [0.2, 0.25) is 0 Å². The summed E-state index contributed by atoms with van der Waals surface area (Å²) in [5, 5.41) is 5.62. The van der Waals surface area contributed by atoms with Gasteiger partial charge in [0.2, 0.25) is 5.91 Å². The van der Waals surface area contributed by atoms with Gasteiger partial charge in [0.25, 0.3) is 0 Å². The molecule has 0 spiro atoms. The van der Waals surface area contributed by atoms with E-state index in [-0.39, 0.29) is 11.9 Å². The van der Waals surface area contributed by atoms with Crippen molar-refractivity contribution < 1.29 is 9.53 Å². The number of rotatable bonds is 3. The molecular weight excluding hydrogens is 226 g/mol. The van der Waals surface area contributed by atoms with Crippen LogP contribution in [0.5, 0.6) is 0 Å². The minimum atomic E-state index is -0.614. The Morgan fingerprint density at radius 3 is 3.25 bits per heavy atom. The van der Waals surface area contributed by atoms with Gasteiger partial charge in [0.1, 0.15) is 5.01 Å². The van der Waals surface area contributed by atoms with Crippen LogP contribution >= 0.6 is 11.3 Å². The second-order valence-corrected chi connectivity index (χ2v) is 5.13. The Hall–Kier alpha value is -0.980. The molecule has 0 aromatic carbocycles. The minimum absolute atomic E-state index is 0.0623. The van der Waals surface area contributed by atoms with Crippen LogP contribution < -0.4 is 11.1 Å². The second-order valence-electron chi connectivity index (χ2n) is 4.15. The van der Waals surface area contributed by atoms with Crippen LogP contribution in [0, 0.1) is 5.41 Å². The summed E-state index contributed by atoms with van der Waals surface area (Å²) in [4.78, 5) is 16.1. The van der Waals surface area contributed by atoms with Crippen LogP contribution in [-0.2, 0) is 16.1 Å². The maximum Gasteiger partial charge on any atom is 0.230 e. The SMILES string of the molecule is CC1(C(=O)NCc2nccs2)COCC1N. The first-order valence-electron chi connectivity index (χ1n) is 5.13. The average molecular weight is 241 g/mol. The first kappa shape index (κ1) is 11.5. The number of nitrogens with two attached hydrogens (primary N) is 1. The fourth-order valence-electron chi connectivity index (χ4n) is 1.62. The van der Waals surface area contributed by atoms with E-state index in [2.05, 4.69) is 10.3 Å². The Morgan fingerprint density at radius 1 is 1.88 bits per heavy atom. The quantitative estimate of drug-likeness (QED) is 0.788. The van der Waals surface area contributed by atoms with Crippen molar-refractivity contribution >= 4 is 17.2 Å². The fraction of sp³-hybridized carbons (Fsp3) is 0.600. The van der Waals surface area contributed by atoms with Gasteiger partial charge in [0, 0.05) is 17.6 Å². The Bertz CT molecular complexity index is 368. The third-order valence-electron chi connectivity index (χ3n) is 2.92. The van der Waals surface area contributed by atoms with Crippen LogP contribution in [-0.4, -0.2) is 30.1 Å². The molecule has 1 aromatic rings. The van der Waals surface area contributed by atoms with E-state index in [4.69, 9.17) is 10.5 Å². The lowest BCUT2D eigenvalue weighted by atomic mass is 9.85. The molecule has 1 fully saturated rings. The highest BCUT2D eigenvalue weighted by Crippen LogP contribution is 2.27. The van der Waals surface area contributed by atoms with Gasteiger partial charge in [-0.25, -0.2) is 4.98 Å². The predicted molar refractivity (Wildman–Crippen MR) is 60.9 cm³/mol. The van der Waals surface area contributed by atoms with Crippen LogP contribution in [0.1, 0.15) is 11.9 Å². The first-order valence-corrected chi connectivity index (χ1v) is 6.01. The zero-order valence-electron chi connectivity index (χ0n) is 9.10. The summed E-state index contributed by atoms with van der Waals surface area (Å²) in [5.74, 6) is -0.0623. The van der Waals surface area contributed by atoms with Gasteiger partial charge in [0.15, 0.2) is 0 Å². The number of thiazole rings is 1. The van der Waals surface area contributed by atoms with Gasteiger partial charge in [0.05, 0.1) is 25.2 Å². The summed E-state index contributed by atoms with van der Waals surface area (Å²) in [6, 6.07) is -0.233. The van der Waals surface area contributed by atoms with Crippen LogP contribution in [0.3, 0.4) is 0 Å². The number of carbonyl (C=O) groups excluding carboxylic acids is 1. The van der Waals surface area contributed by atoms with Crippen molar-refractivity contribution in [3.63, 3.8) is 0 Å². The van der Waals surface area contributed by atoms with E-state index in [0.29, 0.717) is 19.8 Å². The Kier molecular flexibility index (Phi) is 3.22. The number of nitrogens with one attached hydrogen (secondary N) is 1. The number of carbonyl (C=O) groups is 1. The first-order chi connectivity index (χ1) is 7.63. The van der Waals surface area contributed by atoms with Crippen LogP contribution in [0.15, 0.2) is 11.6 Å². The molecule has 1 aliphatic heterocycles. The van der Waals surface area contributed by atoms with Gasteiger partial charge >= 0.3 is 0 Å². The minimum Gasteiger partial charge on any atom is -0.379 e. The smallest absolute Gasteiger partial charge is 0.230 e. The molecule has 3 N–H and O–H groups in total. The van der Waals surface area contributed by atoms with Crippen LogP contribution in [0.4, 0.5) is 0 Å². The molecule has 2 atom stereocenters. The third kappa shape index (κ3) is 2.09. The van der Waals surface area contributed by atoms with Gasteiger partial charge in [-0.2, -0.15) is 0 Å². The number of aromatic nitrogens is 1. The maximum atomic E-state index is 12.0. The van der Waals surface area contributed by atoms with E-state index in [1.54, 1.807) is 6.20 Å². The van der Waals surface area contributed by atoms with Gasteiger partial charge in [-0.15, -0.1) is 11.3 Å². The van der Waals surface area contributed by atoms with E-state index in [1.165, 1.54) is 11.3 Å². The summed E-state index contributed by atoms with van der Waals surface area (Å²) >= 11 is 1.52. The van der Waals surface area contributed by atoms with E-state index >= 15 is 0 Å².